The van der Waals surface area contributed by atoms with Gasteiger partial charge in [0.1, 0.15) is 24.3 Å². The molecule has 9 rings (SSSR count). The van der Waals surface area contributed by atoms with E-state index in [1.165, 1.54) is 11.1 Å². The van der Waals surface area contributed by atoms with E-state index in [9.17, 15) is 4.39 Å². The van der Waals surface area contributed by atoms with E-state index in [4.69, 9.17) is 31.4 Å². The van der Waals surface area contributed by atoms with Crippen molar-refractivity contribution in [3.8, 4) is 17.4 Å². The first-order chi connectivity index (χ1) is 23.4. The minimum absolute atomic E-state index is 0.128. The first kappa shape index (κ1) is 30.5. The maximum atomic E-state index is 14.6. The highest BCUT2D eigenvalue weighted by Gasteiger charge is 2.50. The molecule has 1 aromatic carbocycles. The smallest absolute Gasteiger partial charge is 0.318 e. The van der Waals surface area contributed by atoms with Crippen molar-refractivity contribution in [3.63, 3.8) is 0 Å². The van der Waals surface area contributed by atoms with Gasteiger partial charge in [0.05, 0.1) is 39.7 Å². The number of nitrogens with zero attached hydrogens (tertiary/aromatic N) is 8. The number of hydrogen-bond donors (Lipinski definition) is 0. The van der Waals surface area contributed by atoms with Gasteiger partial charge in [0.25, 0.3) is 0 Å². The SMILES string of the molecule is CN1Cc2c(nc(OC[C@@]34CCCN3C[C@H](F)C4)nc2N2CCCn3nc(-c4ccccn4)c(Cl)c3C2)C[C@]12CCCc1ccccc12. The van der Waals surface area contributed by atoms with E-state index >= 15 is 0 Å². The number of fused-ring (bicyclic) bond motifs is 5. The second-order valence-electron chi connectivity index (χ2n) is 14.5. The summed E-state index contributed by atoms with van der Waals surface area (Å²) in [5.41, 5.74) is 7.11. The van der Waals surface area contributed by atoms with E-state index < -0.39 is 6.17 Å². The van der Waals surface area contributed by atoms with Crippen LogP contribution in [0.4, 0.5) is 10.2 Å². The lowest BCUT2D eigenvalue weighted by molar-refractivity contribution is 0.0714. The van der Waals surface area contributed by atoms with E-state index in [0.29, 0.717) is 42.8 Å². The standard InChI is InChI=1S/C37H42ClFN8O/c1-44-22-27-30(20-37(44)14-6-10-25-9-2-3-11-28(25)37)41-35(48-24-36-13-7-17-46(36)21-26(39)19-36)42-34(27)45-16-8-18-47-31(23-45)32(38)33(43-47)29-12-4-5-15-40-29/h2-5,9,11-12,15,26H,6-8,10,13-14,16-24H2,1H3/t26-,36+,37+/m1/s1. The Kier molecular flexibility index (Phi) is 7.47. The molecule has 9 nitrogen and oxygen atoms in total. The predicted octanol–water partition coefficient (Wildman–Crippen LogP) is 5.97. The van der Waals surface area contributed by atoms with E-state index in [0.717, 1.165) is 99.6 Å². The highest BCUT2D eigenvalue weighted by molar-refractivity contribution is 6.33. The van der Waals surface area contributed by atoms with Crippen LogP contribution >= 0.6 is 11.6 Å². The maximum absolute atomic E-state index is 14.6. The molecule has 48 heavy (non-hydrogen) atoms. The molecule has 250 valence electrons. The Hall–Kier alpha value is -3.60. The number of halogens is 2. The molecule has 4 aromatic rings. The van der Waals surface area contributed by atoms with Crippen molar-refractivity contribution in [2.45, 2.75) is 88.3 Å². The first-order valence-corrected chi connectivity index (χ1v) is 17.9. The minimum atomic E-state index is -0.807. The fourth-order valence-electron chi connectivity index (χ4n) is 9.39. The van der Waals surface area contributed by atoms with Crippen LogP contribution in [-0.4, -0.2) is 79.5 Å². The second-order valence-corrected chi connectivity index (χ2v) is 14.9. The van der Waals surface area contributed by atoms with Crippen molar-refractivity contribution in [2.24, 2.45) is 0 Å². The van der Waals surface area contributed by atoms with Crippen molar-refractivity contribution < 1.29 is 9.13 Å². The van der Waals surface area contributed by atoms with Crippen LogP contribution in [0.3, 0.4) is 0 Å². The molecule has 4 aliphatic heterocycles. The molecule has 0 amide bonds. The quantitative estimate of drug-likeness (QED) is 0.258. The van der Waals surface area contributed by atoms with Gasteiger partial charge in [0.15, 0.2) is 0 Å². The van der Waals surface area contributed by atoms with Crippen LogP contribution in [-0.2, 0) is 38.0 Å². The normalized spacial score (nSPS) is 27.0. The Balaban J connectivity index is 1.11. The molecule has 3 aromatic heterocycles. The van der Waals surface area contributed by atoms with Crippen LogP contribution in [0.2, 0.25) is 5.02 Å². The molecule has 1 spiro atoms. The van der Waals surface area contributed by atoms with Crippen molar-refractivity contribution in [1.82, 2.24) is 34.5 Å². The summed E-state index contributed by atoms with van der Waals surface area (Å²) in [6, 6.07) is 15.1. The Morgan fingerprint density at radius 1 is 1.00 bits per heavy atom. The van der Waals surface area contributed by atoms with Crippen molar-refractivity contribution in [2.75, 3.05) is 38.2 Å². The minimum Gasteiger partial charge on any atom is -0.461 e. The molecule has 2 saturated heterocycles. The number of benzene rings is 1. The number of pyridine rings is 1. The molecule has 2 fully saturated rings. The van der Waals surface area contributed by atoms with Gasteiger partial charge in [-0.15, -0.1) is 0 Å². The number of alkyl halides is 1. The third kappa shape index (κ3) is 4.93. The third-order valence-electron chi connectivity index (χ3n) is 11.8. The fraction of sp³-hybridized carbons (Fsp3) is 0.514. The average molecular weight is 669 g/mol. The van der Waals surface area contributed by atoms with Crippen LogP contribution < -0.4 is 9.64 Å². The largest absolute Gasteiger partial charge is 0.461 e. The summed E-state index contributed by atoms with van der Waals surface area (Å²) in [5.74, 6) is 0.904. The summed E-state index contributed by atoms with van der Waals surface area (Å²) in [7, 11) is 2.26. The summed E-state index contributed by atoms with van der Waals surface area (Å²) in [5, 5.41) is 5.54. The fourth-order valence-corrected chi connectivity index (χ4v) is 9.68. The van der Waals surface area contributed by atoms with Crippen LogP contribution in [0.5, 0.6) is 6.01 Å². The zero-order chi connectivity index (χ0) is 32.5. The highest BCUT2D eigenvalue weighted by atomic mass is 35.5. The summed E-state index contributed by atoms with van der Waals surface area (Å²) < 4.78 is 23.3. The Bertz CT molecular complexity index is 1850. The Labute approximate surface area is 286 Å². The molecular weight excluding hydrogens is 627 g/mol. The lowest BCUT2D eigenvalue weighted by Gasteiger charge is -2.49. The molecule has 0 saturated carbocycles. The summed E-state index contributed by atoms with van der Waals surface area (Å²) >= 11 is 7.08. The number of hydrogen-bond acceptors (Lipinski definition) is 8. The predicted molar refractivity (Wildman–Crippen MR) is 183 cm³/mol. The van der Waals surface area contributed by atoms with Crippen LogP contribution in [0.25, 0.3) is 11.4 Å². The molecule has 3 atom stereocenters. The molecule has 7 heterocycles. The molecule has 0 N–H and O–H groups in total. The maximum Gasteiger partial charge on any atom is 0.318 e. The van der Waals surface area contributed by atoms with Gasteiger partial charge in [-0.1, -0.05) is 41.9 Å². The van der Waals surface area contributed by atoms with Gasteiger partial charge in [-0.05, 0) is 75.4 Å². The summed E-state index contributed by atoms with van der Waals surface area (Å²) in [6.07, 6.45) is 8.53. The lowest BCUT2D eigenvalue weighted by atomic mass is 9.71. The average Bonchev–Trinajstić information content (AvgIpc) is 3.67. The zero-order valence-electron chi connectivity index (χ0n) is 27.5. The van der Waals surface area contributed by atoms with Crippen molar-refractivity contribution in [1.29, 1.82) is 0 Å². The van der Waals surface area contributed by atoms with Gasteiger partial charge in [-0.25, -0.2) is 4.39 Å². The number of aromatic nitrogens is 5. The molecular formula is C37H42ClFN8O. The second kappa shape index (κ2) is 11.8. The molecule has 0 unspecified atom stereocenters. The van der Waals surface area contributed by atoms with Gasteiger partial charge < -0.3 is 9.64 Å². The number of likely N-dealkylation sites (N-methyl/N-ethyl adjacent to an activating group) is 1. The summed E-state index contributed by atoms with van der Waals surface area (Å²) in [4.78, 5) is 22.1. The molecule has 5 aliphatic rings. The molecule has 1 aliphatic carbocycles. The number of ether oxygens (including phenoxy) is 1. The number of aryl methyl sites for hydroxylation is 2. The van der Waals surface area contributed by atoms with E-state index in [2.05, 4.69) is 51.0 Å². The Morgan fingerprint density at radius 2 is 1.90 bits per heavy atom. The third-order valence-corrected chi connectivity index (χ3v) is 12.2. The van der Waals surface area contributed by atoms with Crippen molar-refractivity contribution >= 4 is 17.4 Å². The number of anilines is 1. The van der Waals surface area contributed by atoms with Gasteiger partial charge in [-0.2, -0.15) is 15.1 Å². The molecule has 0 bridgehead atoms. The van der Waals surface area contributed by atoms with Gasteiger partial charge in [0.2, 0.25) is 0 Å². The van der Waals surface area contributed by atoms with Gasteiger partial charge in [-0.3, -0.25) is 19.5 Å². The van der Waals surface area contributed by atoms with Gasteiger partial charge >= 0.3 is 6.01 Å². The first-order valence-electron chi connectivity index (χ1n) is 17.6. The summed E-state index contributed by atoms with van der Waals surface area (Å²) in [6.45, 7) is 4.71. The lowest BCUT2D eigenvalue weighted by Crippen LogP contribution is -2.51. The zero-order valence-corrected chi connectivity index (χ0v) is 28.3. The molecule has 11 heteroatoms. The monoisotopic (exact) mass is 668 g/mol. The van der Waals surface area contributed by atoms with Crippen LogP contribution in [0.15, 0.2) is 48.7 Å². The highest BCUT2D eigenvalue weighted by Crippen LogP contribution is 2.48. The van der Waals surface area contributed by atoms with E-state index in [-0.39, 0.29) is 11.1 Å². The van der Waals surface area contributed by atoms with Crippen molar-refractivity contribution in [3.05, 3.63) is 81.8 Å². The Morgan fingerprint density at radius 3 is 2.79 bits per heavy atom. The van der Waals surface area contributed by atoms with Gasteiger partial charge in [0, 0.05) is 50.8 Å². The van der Waals surface area contributed by atoms with E-state index in [1.807, 2.05) is 22.9 Å². The number of rotatable bonds is 5. The topological polar surface area (TPSA) is 75.4 Å². The van der Waals surface area contributed by atoms with Crippen LogP contribution in [0, 0.1) is 0 Å². The molecule has 0 radical (unpaired) electrons. The van der Waals surface area contributed by atoms with E-state index in [1.54, 1.807) is 6.20 Å². The van der Waals surface area contributed by atoms with Crippen LogP contribution in [0.1, 0.15) is 66.6 Å².